The topological polar surface area (TPSA) is 64.4 Å². The lowest BCUT2D eigenvalue weighted by Crippen LogP contribution is -2.27. The summed E-state index contributed by atoms with van der Waals surface area (Å²) in [6, 6.07) is 0. The molecule has 1 fully saturated rings. The molecule has 1 aliphatic rings. The summed E-state index contributed by atoms with van der Waals surface area (Å²) in [4.78, 5) is 11.7. The molecule has 0 radical (unpaired) electrons. The number of thioether (sulfide) groups is 1. The number of carbonyl (C=O) groups excluding carboxylic acids is 1. The number of aryl methyl sites for hydroxylation is 1. The third-order valence-electron chi connectivity index (χ3n) is 2.90. The Morgan fingerprint density at radius 1 is 1.56 bits per heavy atom. The van der Waals surface area contributed by atoms with E-state index < -0.39 is 0 Å². The van der Waals surface area contributed by atoms with Crippen molar-refractivity contribution in [3.8, 4) is 0 Å². The molecule has 0 aliphatic carbocycles. The van der Waals surface area contributed by atoms with Gasteiger partial charge in [0.15, 0.2) is 0 Å². The lowest BCUT2D eigenvalue weighted by molar-refractivity contribution is 0.0953. The van der Waals surface area contributed by atoms with Crippen LogP contribution in [0, 0.1) is 6.92 Å². The molecular formula is C12H18N2O3S. The summed E-state index contributed by atoms with van der Waals surface area (Å²) in [6.07, 6.45) is 3.68. The number of ether oxygens (including phenoxy) is 1. The van der Waals surface area contributed by atoms with E-state index in [4.69, 9.17) is 9.26 Å². The summed E-state index contributed by atoms with van der Waals surface area (Å²) >= 11 is 1.91. The van der Waals surface area contributed by atoms with Gasteiger partial charge in [-0.1, -0.05) is 5.16 Å². The summed E-state index contributed by atoms with van der Waals surface area (Å²) in [5.41, 5.74) is 0.520. The SMILES string of the molecule is Cc1oncc1C(=O)NCCSC1CCOCC1. The van der Waals surface area contributed by atoms with Crippen LogP contribution in [0.3, 0.4) is 0 Å². The molecule has 0 saturated carbocycles. The van der Waals surface area contributed by atoms with Crippen molar-refractivity contribution in [1.29, 1.82) is 0 Å². The summed E-state index contributed by atoms with van der Waals surface area (Å²) in [7, 11) is 0. The standard InChI is InChI=1S/C12H18N2O3S/c1-9-11(8-14-17-9)12(15)13-4-7-18-10-2-5-16-6-3-10/h8,10H,2-7H2,1H3,(H,13,15). The second kappa shape index (κ2) is 6.80. The van der Waals surface area contributed by atoms with Gasteiger partial charge in [-0.25, -0.2) is 0 Å². The lowest BCUT2D eigenvalue weighted by atomic mass is 10.2. The molecule has 0 spiro atoms. The van der Waals surface area contributed by atoms with E-state index in [1.807, 2.05) is 11.8 Å². The van der Waals surface area contributed by atoms with Crippen molar-refractivity contribution >= 4 is 17.7 Å². The zero-order valence-corrected chi connectivity index (χ0v) is 11.3. The first-order valence-electron chi connectivity index (χ1n) is 6.16. The average Bonchev–Trinajstić information content (AvgIpc) is 2.82. The number of carbonyl (C=O) groups is 1. The van der Waals surface area contributed by atoms with Crippen LogP contribution in [0.4, 0.5) is 0 Å². The minimum absolute atomic E-state index is 0.110. The van der Waals surface area contributed by atoms with E-state index >= 15 is 0 Å². The number of nitrogens with one attached hydrogen (secondary N) is 1. The van der Waals surface area contributed by atoms with Crippen molar-refractivity contribution in [2.24, 2.45) is 0 Å². The van der Waals surface area contributed by atoms with Crippen LogP contribution in [0.25, 0.3) is 0 Å². The van der Waals surface area contributed by atoms with E-state index in [1.54, 1.807) is 6.92 Å². The van der Waals surface area contributed by atoms with Crippen LogP contribution in [0.1, 0.15) is 29.0 Å². The number of nitrogens with zero attached hydrogens (tertiary/aromatic N) is 1. The predicted octanol–water partition coefficient (Wildman–Crippen LogP) is 1.63. The van der Waals surface area contributed by atoms with Crippen LogP contribution >= 0.6 is 11.8 Å². The number of rotatable bonds is 5. The van der Waals surface area contributed by atoms with Crippen LogP contribution in [-0.2, 0) is 4.74 Å². The highest BCUT2D eigenvalue weighted by Crippen LogP contribution is 2.21. The Labute approximate surface area is 111 Å². The first kappa shape index (κ1) is 13.4. The number of amides is 1. The van der Waals surface area contributed by atoms with Gasteiger partial charge in [0.2, 0.25) is 0 Å². The van der Waals surface area contributed by atoms with Gasteiger partial charge in [0.05, 0.1) is 6.20 Å². The van der Waals surface area contributed by atoms with Gasteiger partial charge in [-0.2, -0.15) is 11.8 Å². The Morgan fingerprint density at radius 2 is 2.33 bits per heavy atom. The number of aromatic nitrogens is 1. The normalized spacial score (nSPS) is 16.7. The number of hydrogen-bond acceptors (Lipinski definition) is 5. The molecule has 0 atom stereocenters. The van der Waals surface area contributed by atoms with Gasteiger partial charge >= 0.3 is 0 Å². The maximum atomic E-state index is 11.7. The van der Waals surface area contributed by atoms with Gasteiger partial charge in [0, 0.05) is 30.8 Å². The van der Waals surface area contributed by atoms with Crippen molar-refractivity contribution < 1.29 is 14.1 Å². The zero-order valence-electron chi connectivity index (χ0n) is 10.5. The molecule has 1 amide bonds. The first-order valence-corrected chi connectivity index (χ1v) is 7.21. The van der Waals surface area contributed by atoms with Gasteiger partial charge in [-0.05, 0) is 19.8 Å². The van der Waals surface area contributed by atoms with E-state index in [0.717, 1.165) is 31.8 Å². The maximum absolute atomic E-state index is 11.7. The summed E-state index contributed by atoms with van der Waals surface area (Å²) in [6.45, 7) is 4.14. The van der Waals surface area contributed by atoms with Gasteiger partial charge in [0.1, 0.15) is 11.3 Å². The first-order chi connectivity index (χ1) is 8.77. The van der Waals surface area contributed by atoms with E-state index in [1.165, 1.54) is 6.20 Å². The number of hydrogen-bond donors (Lipinski definition) is 1. The van der Waals surface area contributed by atoms with Crippen LogP contribution in [0.15, 0.2) is 10.7 Å². The van der Waals surface area contributed by atoms with Crippen molar-refractivity contribution in [3.63, 3.8) is 0 Å². The highest BCUT2D eigenvalue weighted by atomic mass is 32.2. The molecule has 100 valence electrons. The van der Waals surface area contributed by atoms with Crippen LogP contribution in [-0.4, -0.2) is 41.8 Å². The largest absolute Gasteiger partial charge is 0.381 e. The minimum atomic E-state index is -0.110. The predicted molar refractivity (Wildman–Crippen MR) is 69.9 cm³/mol. The smallest absolute Gasteiger partial charge is 0.256 e. The van der Waals surface area contributed by atoms with Crippen LogP contribution in [0.5, 0.6) is 0 Å². The summed E-state index contributed by atoms with van der Waals surface area (Å²) in [5.74, 6) is 1.38. The molecule has 0 bridgehead atoms. The Morgan fingerprint density at radius 3 is 3.00 bits per heavy atom. The molecule has 0 unspecified atom stereocenters. The molecular weight excluding hydrogens is 252 g/mol. The van der Waals surface area contributed by atoms with Crippen LogP contribution in [0.2, 0.25) is 0 Å². The van der Waals surface area contributed by atoms with E-state index in [2.05, 4.69) is 10.5 Å². The monoisotopic (exact) mass is 270 g/mol. The van der Waals surface area contributed by atoms with E-state index in [0.29, 0.717) is 23.1 Å². The second-order valence-corrected chi connectivity index (χ2v) is 5.64. The fraction of sp³-hybridized carbons (Fsp3) is 0.667. The van der Waals surface area contributed by atoms with Crippen LogP contribution < -0.4 is 5.32 Å². The molecule has 1 N–H and O–H groups in total. The lowest BCUT2D eigenvalue weighted by Gasteiger charge is -2.21. The molecule has 2 heterocycles. The Hall–Kier alpha value is -1.01. The Kier molecular flexibility index (Phi) is 5.07. The third kappa shape index (κ3) is 3.74. The molecule has 1 aromatic rings. The quantitative estimate of drug-likeness (QED) is 0.824. The van der Waals surface area contributed by atoms with Gasteiger partial charge < -0.3 is 14.6 Å². The Balaban J connectivity index is 1.63. The maximum Gasteiger partial charge on any atom is 0.256 e. The van der Waals surface area contributed by atoms with Gasteiger partial charge in [-0.3, -0.25) is 4.79 Å². The van der Waals surface area contributed by atoms with Gasteiger partial charge in [-0.15, -0.1) is 0 Å². The molecule has 1 aromatic heterocycles. The van der Waals surface area contributed by atoms with Crippen molar-refractivity contribution in [1.82, 2.24) is 10.5 Å². The summed E-state index contributed by atoms with van der Waals surface area (Å²) in [5, 5.41) is 7.14. The van der Waals surface area contributed by atoms with Crippen molar-refractivity contribution in [3.05, 3.63) is 17.5 Å². The molecule has 5 nitrogen and oxygen atoms in total. The molecule has 6 heteroatoms. The minimum Gasteiger partial charge on any atom is -0.381 e. The fourth-order valence-electron chi connectivity index (χ4n) is 1.84. The molecule has 1 aliphatic heterocycles. The third-order valence-corrected chi connectivity index (χ3v) is 4.29. The highest BCUT2D eigenvalue weighted by molar-refractivity contribution is 7.99. The van der Waals surface area contributed by atoms with Gasteiger partial charge in [0.25, 0.3) is 5.91 Å². The average molecular weight is 270 g/mol. The zero-order chi connectivity index (χ0) is 12.8. The second-order valence-electron chi connectivity index (χ2n) is 4.23. The van der Waals surface area contributed by atoms with E-state index in [-0.39, 0.29) is 5.91 Å². The molecule has 1 saturated heterocycles. The van der Waals surface area contributed by atoms with Crippen molar-refractivity contribution in [2.75, 3.05) is 25.5 Å². The van der Waals surface area contributed by atoms with E-state index in [9.17, 15) is 4.79 Å². The fourth-order valence-corrected chi connectivity index (χ4v) is 2.92. The molecule has 0 aromatic carbocycles. The highest BCUT2D eigenvalue weighted by Gasteiger charge is 2.15. The van der Waals surface area contributed by atoms with Crippen molar-refractivity contribution in [2.45, 2.75) is 25.0 Å². The molecule has 18 heavy (non-hydrogen) atoms. The Bertz CT molecular complexity index is 388. The molecule has 2 rings (SSSR count). The summed E-state index contributed by atoms with van der Waals surface area (Å²) < 4.78 is 10.2.